The molecule has 2 fully saturated rings. The summed E-state index contributed by atoms with van der Waals surface area (Å²) in [5.41, 5.74) is 3.50. The Morgan fingerprint density at radius 2 is 1.75 bits per heavy atom. The molecular formula is C44H44FN7O7. The normalized spacial score (nSPS) is 20.4. The minimum absolute atomic E-state index is 0.00854. The van der Waals surface area contributed by atoms with Crippen LogP contribution in [0.1, 0.15) is 94.9 Å². The molecule has 3 atom stereocenters. The first-order valence-corrected chi connectivity index (χ1v) is 20.0. The van der Waals surface area contributed by atoms with Crippen molar-refractivity contribution in [2.75, 3.05) is 25.1 Å². The van der Waals surface area contributed by atoms with E-state index in [2.05, 4.69) is 27.6 Å². The van der Waals surface area contributed by atoms with Crippen LogP contribution in [0.5, 0.6) is 0 Å². The lowest BCUT2D eigenvalue weighted by molar-refractivity contribution is 0.0658. The molecule has 0 radical (unpaired) electrons. The molecule has 2 aliphatic heterocycles. The molecular weight excluding hydrogens is 758 g/mol. The van der Waals surface area contributed by atoms with E-state index in [-0.39, 0.29) is 37.3 Å². The van der Waals surface area contributed by atoms with Crippen molar-refractivity contribution in [3.8, 4) is 5.69 Å². The standard InChI is InChI=1S/C44H44FN7O7/c1-24-18-32(19-25(2)36(24)45)51-38(53)33-12-15-50(27(4)37(33)46-41(51)48-42(55)58-23-28-8-6-5-7-9-28)39(54)35-21-31-20-30(29-13-16-57-17-14-29)10-11-34(31)52(35)44(22-26(44)3)40-47-43(56)59-49-40/h5-11,18-21,26-27,29H,12-17,22-23H2,1-4H3,(H,46,48,55)(H,47,49,56)/t26-,27-,44+/m0/s1. The van der Waals surface area contributed by atoms with Crippen LogP contribution >= 0.6 is 0 Å². The lowest BCUT2D eigenvalue weighted by atomic mass is 9.91. The molecule has 1 saturated heterocycles. The first-order chi connectivity index (χ1) is 28.4. The quantitative estimate of drug-likeness (QED) is 0.168. The predicted octanol–water partition coefficient (Wildman–Crippen LogP) is 6.81. The number of aryl methyl sites for hydroxylation is 2. The number of aromatic amines is 1. The highest BCUT2D eigenvalue weighted by Crippen LogP contribution is 2.56. The summed E-state index contributed by atoms with van der Waals surface area (Å²) in [5.74, 6) is -0.836. The summed E-state index contributed by atoms with van der Waals surface area (Å²) in [6.45, 7) is 8.60. The summed E-state index contributed by atoms with van der Waals surface area (Å²) >= 11 is 0. The number of hydrogen-bond donors (Lipinski definition) is 2. The van der Waals surface area contributed by atoms with E-state index in [1.807, 2.05) is 54.0 Å². The number of nitrogens with zero attached hydrogens (tertiary/aromatic N) is 5. The number of amides is 2. The molecule has 0 unspecified atom stereocenters. The number of anilines is 1. The maximum atomic E-state index is 15.1. The Labute approximate surface area is 337 Å². The van der Waals surface area contributed by atoms with Crippen LogP contribution in [0.15, 0.2) is 80.8 Å². The number of nitrogens with one attached hydrogen (secondary N) is 2. The fraction of sp³-hybridized carbons (Fsp3) is 0.364. The van der Waals surface area contributed by atoms with Gasteiger partial charge in [0.2, 0.25) is 5.95 Å². The molecule has 1 saturated carbocycles. The van der Waals surface area contributed by atoms with Gasteiger partial charge in [0, 0.05) is 36.2 Å². The fourth-order valence-corrected chi connectivity index (χ4v) is 9.06. The Morgan fingerprint density at radius 3 is 2.42 bits per heavy atom. The van der Waals surface area contributed by atoms with Gasteiger partial charge in [-0.15, -0.1) is 0 Å². The number of ether oxygens (including phenoxy) is 2. The number of halogens is 1. The zero-order valence-corrected chi connectivity index (χ0v) is 33.2. The highest BCUT2D eigenvalue weighted by Gasteiger charge is 2.59. The third-order valence-corrected chi connectivity index (χ3v) is 12.3. The number of aromatic nitrogens is 5. The SMILES string of the molecule is Cc1cc(-n2c(NC(=O)OCc3ccccc3)nc3c(c2=O)CCN(C(=O)c2cc4cc(C5CCOCC5)ccc4n2[C@]2(c4noc(=O)[nH]4)C[C@@H]2C)[C@H]3C)cc(C)c1F. The van der Waals surface area contributed by atoms with Crippen molar-refractivity contribution >= 4 is 28.9 Å². The number of rotatable bonds is 8. The Morgan fingerprint density at radius 1 is 1.02 bits per heavy atom. The van der Waals surface area contributed by atoms with E-state index in [4.69, 9.17) is 19.0 Å². The fourth-order valence-electron chi connectivity index (χ4n) is 9.06. The van der Waals surface area contributed by atoms with Crippen LogP contribution in [0, 0.1) is 25.6 Å². The van der Waals surface area contributed by atoms with Gasteiger partial charge in [-0.3, -0.25) is 24.4 Å². The van der Waals surface area contributed by atoms with Crippen LogP contribution in [0.2, 0.25) is 0 Å². The van der Waals surface area contributed by atoms with Gasteiger partial charge in [-0.25, -0.2) is 23.5 Å². The van der Waals surface area contributed by atoms with Crippen molar-refractivity contribution in [3.05, 3.63) is 138 Å². The van der Waals surface area contributed by atoms with Crippen LogP contribution in [0.3, 0.4) is 0 Å². The van der Waals surface area contributed by atoms with Gasteiger partial charge in [0.15, 0.2) is 5.82 Å². The molecule has 0 bridgehead atoms. The van der Waals surface area contributed by atoms with Crippen LogP contribution in [-0.2, 0) is 28.0 Å². The highest BCUT2D eigenvalue weighted by molar-refractivity contribution is 6.00. The number of fused-ring (bicyclic) bond motifs is 2. The smallest absolute Gasteiger partial charge is 0.438 e. The summed E-state index contributed by atoms with van der Waals surface area (Å²) in [5, 5.41) is 7.66. The first-order valence-electron chi connectivity index (χ1n) is 20.0. The molecule has 3 aromatic heterocycles. The van der Waals surface area contributed by atoms with Crippen molar-refractivity contribution in [2.45, 2.75) is 77.5 Å². The lowest BCUT2D eigenvalue weighted by Gasteiger charge is -2.35. The van der Waals surface area contributed by atoms with Crippen molar-refractivity contribution in [1.29, 1.82) is 0 Å². The zero-order chi connectivity index (χ0) is 41.2. The second-order valence-electron chi connectivity index (χ2n) is 16.0. The van der Waals surface area contributed by atoms with Crippen LogP contribution in [-0.4, -0.2) is 60.9 Å². The average Bonchev–Trinajstić information content (AvgIpc) is 3.50. The molecule has 2 N–H and O–H groups in total. The van der Waals surface area contributed by atoms with Gasteiger partial charge in [-0.2, -0.15) is 0 Å². The minimum Gasteiger partial charge on any atom is -0.444 e. The Kier molecular flexibility index (Phi) is 9.57. The van der Waals surface area contributed by atoms with Gasteiger partial charge in [0.25, 0.3) is 11.5 Å². The average molecular weight is 802 g/mol. The van der Waals surface area contributed by atoms with E-state index in [0.29, 0.717) is 65.1 Å². The van der Waals surface area contributed by atoms with Crippen molar-refractivity contribution in [2.24, 2.45) is 5.92 Å². The van der Waals surface area contributed by atoms with Gasteiger partial charge < -0.3 is 18.9 Å². The van der Waals surface area contributed by atoms with Gasteiger partial charge in [-0.1, -0.05) is 48.5 Å². The summed E-state index contributed by atoms with van der Waals surface area (Å²) < 4.78 is 34.2. The predicted molar refractivity (Wildman–Crippen MR) is 215 cm³/mol. The largest absolute Gasteiger partial charge is 0.444 e. The number of hydrogen-bond acceptors (Lipinski definition) is 9. The van der Waals surface area contributed by atoms with E-state index in [0.717, 1.165) is 29.3 Å². The summed E-state index contributed by atoms with van der Waals surface area (Å²) in [6, 6.07) is 19.7. The third-order valence-electron chi connectivity index (χ3n) is 12.3. The maximum absolute atomic E-state index is 15.1. The molecule has 304 valence electrons. The summed E-state index contributed by atoms with van der Waals surface area (Å²) in [7, 11) is 0. The Bertz CT molecular complexity index is 2730. The topological polar surface area (TPSA) is 167 Å². The van der Waals surface area contributed by atoms with Gasteiger partial charge in [0.1, 0.15) is 23.7 Å². The molecule has 3 aliphatic rings. The summed E-state index contributed by atoms with van der Waals surface area (Å²) in [4.78, 5) is 64.6. The number of benzene rings is 3. The molecule has 14 nitrogen and oxygen atoms in total. The molecule has 6 aromatic rings. The van der Waals surface area contributed by atoms with E-state index in [9.17, 15) is 18.8 Å². The first kappa shape index (κ1) is 38.2. The molecule has 15 heteroatoms. The summed E-state index contributed by atoms with van der Waals surface area (Å²) in [6.07, 6.45) is 1.74. The molecule has 3 aromatic carbocycles. The van der Waals surface area contributed by atoms with Crippen LogP contribution < -0.4 is 16.6 Å². The molecule has 0 spiro atoms. The molecule has 1 aliphatic carbocycles. The zero-order valence-electron chi connectivity index (χ0n) is 33.2. The maximum Gasteiger partial charge on any atom is 0.438 e. The monoisotopic (exact) mass is 801 g/mol. The second-order valence-corrected chi connectivity index (χ2v) is 16.0. The van der Waals surface area contributed by atoms with Crippen molar-refractivity contribution in [3.63, 3.8) is 0 Å². The minimum atomic E-state index is -0.846. The van der Waals surface area contributed by atoms with Gasteiger partial charge in [-0.05, 0) is 111 Å². The lowest BCUT2D eigenvalue weighted by Crippen LogP contribution is -2.44. The molecule has 59 heavy (non-hydrogen) atoms. The van der Waals surface area contributed by atoms with Gasteiger partial charge >= 0.3 is 11.8 Å². The second kappa shape index (κ2) is 14.8. The van der Waals surface area contributed by atoms with E-state index >= 15 is 4.79 Å². The third kappa shape index (κ3) is 6.62. The molecule has 2 amide bonds. The van der Waals surface area contributed by atoms with Gasteiger partial charge in [0.05, 0.1) is 17.4 Å². The Balaban J connectivity index is 1.12. The van der Waals surface area contributed by atoms with Crippen LogP contribution in [0.25, 0.3) is 16.6 Å². The number of carbonyl (C=O) groups is 2. The Hall–Kier alpha value is -6.35. The van der Waals surface area contributed by atoms with Crippen molar-refractivity contribution in [1.82, 2.24) is 29.2 Å². The van der Waals surface area contributed by atoms with E-state index in [1.165, 1.54) is 22.3 Å². The van der Waals surface area contributed by atoms with Crippen molar-refractivity contribution < 1.29 is 28.0 Å². The van der Waals surface area contributed by atoms with E-state index < -0.39 is 34.8 Å². The molecule has 5 heterocycles. The number of H-pyrrole nitrogens is 1. The van der Waals surface area contributed by atoms with E-state index in [1.54, 1.807) is 25.7 Å². The van der Waals surface area contributed by atoms with Crippen LogP contribution in [0.4, 0.5) is 15.1 Å². The highest BCUT2D eigenvalue weighted by atomic mass is 19.1. The number of carbonyl (C=O) groups excluding carboxylic acids is 2. The molecule has 9 rings (SSSR count).